The zero-order valence-corrected chi connectivity index (χ0v) is 21.2. The standard InChI is InChI=1S/C28H28P2.Ru/c1-5-15-25(16-6-1)29(26-17-7-2-8-18-26)23-13-14-24-30(27-19-9-3-10-20-27)28-21-11-4-12-22-28;/h1-12,15-22H,13-14,23-24H2;. The molecule has 0 saturated heterocycles. The van der Waals surface area contributed by atoms with Crippen molar-refractivity contribution in [2.45, 2.75) is 12.8 Å². The Morgan fingerprint density at radius 2 is 0.581 bits per heavy atom. The van der Waals surface area contributed by atoms with Gasteiger partial charge in [-0.15, -0.1) is 0 Å². The van der Waals surface area contributed by atoms with Crippen molar-refractivity contribution in [2.24, 2.45) is 0 Å². The van der Waals surface area contributed by atoms with Gasteiger partial charge in [0.1, 0.15) is 0 Å². The third-order valence-corrected chi connectivity index (χ3v) is 10.5. The molecule has 0 fully saturated rings. The van der Waals surface area contributed by atoms with E-state index >= 15 is 0 Å². The van der Waals surface area contributed by atoms with Crippen molar-refractivity contribution in [1.82, 2.24) is 0 Å². The molecule has 0 spiro atoms. The summed E-state index contributed by atoms with van der Waals surface area (Å²) in [7, 11) is -0.566. The maximum Gasteiger partial charge on any atom is 0 e. The number of unbranched alkanes of at least 4 members (excludes halogenated alkanes) is 1. The summed E-state index contributed by atoms with van der Waals surface area (Å²) in [6.07, 6.45) is 5.06. The molecule has 0 heterocycles. The van der Waals surface area contributed by atoms with Gasteiger partial charge < -0.3 is 0 Å². The molecule has 0 unspecified atom stereocenters. The van der Waals surface area contributed by atoms with Crippen LogP contribution in [0.2, 0.25) is 0 Å². The third-order valence-electron chi connectivity index (χ3n) is 5.28. The Kier molecular flexibility index (Phi) is 10.1. The van der Waals surface area contributed by atoms with Gasteiger partial charge in [-0.2, -0.15) is 0 Å². The van der Waals surface area contributed by atoms with Crippen LogP contribution in [0.3, 0.4) is 0 Å². The van der Waals surface area contributed by atoms with Gasteiger partial charge in [0, 0.05) is 19.5 Å². The second kappa shape index (κ2) is 13.0. The van der Waals surface area contributed by atoms with Crippen LogP contribution in [0, 0.1) is 0 Å². The van der Waals surface area contributed by atoms with Crippen LogP contribution < -0.4 is 21.2 Å². The van der Waals surface area contributed by atoms with Crippen molar-refractivity contribution >= 4 is 37.1 Å². The Balaban J connectivity index is 0.00000272. The number of rotatable bonds is 9. The largest absolute Gasteiger partial charge is 0.0622 e. The van der Waals surface area contributed by atoms with E-state index in [1.165, 1.54) is 46.4 Å². The molecule has 0 radical (unpaired) electrons. The molecule has 158 valence electrons. The van der Waals surface area contributed by atoms with Gasteiger partial charge in [-0.05, 0) is 62.2 Å². The summed E-state index contributed by atoms with van der Waals surface area (Å²) < 4.78 is 0. The molecule has 0 atom stereocenters. The van der Waals surface area contributed by atoms with E-state index in [1.54, 1.807) is 0 Å². The predicted molar refractivity (Wildman–Crippen MR) is 137 cm³/mol. The number of hydrogen-bond donors (Lipinski definition) is 0. The van der Waals surface area contributed by atoms with Gasteiger partial charge >= 0.3 is 0 Å². The van der Waals surface area contributed by atoms with Crippen LogP contribution in [0.4, 0.5) is 0 Å². The van der Waals surface area contributed by atoms with Crippen LogP contribution in [0.15, 0.2) is 121 Å². The van der Waals surface area contributed by atoms with Gasteiger partial charge in [0.25, 0.3) is 0 Å². The number of hydrogen-bond acceptors (Lipinski definition) is 0. The molecule has 0 aliphatic heterocycles. The quantitative estimate of drug-likeness (QED) is 0.142. The van der Waals surface area contributed by atoms with Gasteiger partial charge in [-0.3, -0.25) is 0 Å². The van der Waals surface area contributed by atoms with E-state index in [-0.39, 0.29) is 35.3 Å². The minimum atomic E-state index is -0.283. The van der Waals surface area contributed by atoms with E-state index in [9.17, 15) is 0 Å². The monoisotopic (exact) mass is 528 g/mol. The van der Waals surface area contributed by atoms with Gasteiger partial charge in [0.2, 0.25) is 0 Å². The van der Waals surface area contributed by atoms with Gasteiger partial charge in [-0.25, -0.2) is 0 Å². The molecule has 0 aliphatic carbocycles. The molecular weight excluding hydrogens is 499 g/mol. The van der Waals surface area contributed by atoms with Gasteiger partial charge in [-0.1, -0.05) is 121 Å². The molecule has 4 aromatic carbocycles. The van der Waals surface area contributed by atoms with Gasteiger partial charge in [0.15, 0.2) is 0 Å². The average molecular weight is 528 g/mol. The second-order valence-corrected chi connectivity index (χ2v) is 12.0. The van der Waals surface area contributed by atoms with Crippen LogP contribution in [0.5, 0.6) is 0 Å². The summed E-state index contributed by atoms with van der Waals surface area (Å²) in [5.74, 6) is 0. The fourth-order valence-electron chi connectivity index (χ4n) is 3.79. The summed E-state index contributed by atoms with van der Waals surface area (Å²) in [4.78, 5) is 0. The predicted octanol–water partition coefficient (Wildman–Crippen LogP) is 6.03. The molecule has 0 saturated carbocycles. The Bertz CT molecular complexity index is 828. The second-order valence-electron chi connectivity index (χ2n) is 7.35. The average Bonchev–Trinajstić information content (AvgIpc) is 2.84. The molecule has 0 amide bonds. The minimum absolute atomic E-state index is 0. The molecule has 0 nitrogen and oxygen atoms in total. The number of benzene rings is 4. The molecule has 0 bridgehead atoms. The van der Waals surface area contributed by atoms with Crippen LogP contribution in [-0.2, 0) is 19.5 Å². The Labute approximate surface area is 202 Å². The van der Waals surface area contributed by atoms with Crippen LogP contribution >= 0.6 is 15.8 Å². The fourth-order valence-corrected chi connectivity index (χ4v) is 8.62. The molecule has 0 aliphatic rings. The van der Waals surface area contributed by atoms with Crippen molar-refractivity contribution in [1.29, 1.82) is 0 Å². The molecule has 0 aromatic heterocycles. The first-order valence-corrected chi connectivity index (χ1v) is 13.7. The molecule has 3 heteroatoms. The third kappa shape index (κ3) is 6.92. The molecule has 4 rings (SSSR count). The summed E-state index contributed by atoms with van der Waals surface area (Å²) >= 11 is 0. The van der Waals surface area contributed by atoms with E-state index in [4.69, 9.17) is 0 Å². The van der Waals surface area contributed by atoms with Crippen LogP contribution in [-0.4, -0.2) is 12.3 Å². The first-order valence-electron chi connectivity index (χ1n) is 10.7. The van der Waals surface area contributed by atoms with E-state index in [2.05, 4.69) is 121 Å². The summed E-state index contributed by atoms with van der Waals surface area (Å²) in [6.45, 7) is 0. The first-order chi connectivity index (χ1) is 14.9. The molecule has 4 aromatic rings. The first kappa shape index (κ1) is 24.0. The molecule has 31 heavy (non-hydrogen) atoms. The van der Waals surface area contributed by atoms with E-state index in [0.29, 0.717) is 0 Å². The van der Waals surface area contributed by atoms with Crippen LogP contribution in [0.1, 0.15) is 12.8 Å². The minimum Gasteiger partial charge on any atom is -0.0622 e. The maximum atomic E-state index is 2.31. The smallest absolute Gasteiger partial charge is 0 e. The summed E-state index contributed by atoms with van der Waals surface area (Å²) in [5.41, 5.74) is 0. The van der Waals surface area contributed by atoms with Crippen LogP contribution in [0.25, 0.3) is 0 Å². The van der Waals surface area contributed by atoms with Crippen molar-refractivity contribution in [2.75, 3.05) is 12.3 Å². The maximum absolute atomic E-state index is 2.31. The summed E-state index contributed by atoms with van der Waals surface area (Å²) in [5, 5.41) is 5.97. The SMILES string of the molecule is [Ru].c1ccc(P(CCCCP(c2ccccc2)c2ccccc2)c2ccccc2)cc1. The normalized spacial score (nSPS) is 10.8. The zero-order chi connectivity index (χ0) is 20.4. The summed E-state index contributed by atoms with van der Waals surface area (Å²) in [6, 6.07) is 44.3. The van der Waals surface area contributed by atoms with E-state index in [1.807, 2.05) is 0 Å². The Hall–Kier alpha value is -1.64. The fraction of sp³-hybridized carbons (Fsp3) is 0.143. The Morgan fingerprint density at radius 1 is 0.355 bits per heavy atom. The molecular formula is C28H28P2Ru. The van der Waals surface area contributed by atoms with Gasteiger partial charge in [0.05, 0.1) is 0 Å². The zero-order valence-electron chi connectivity index (χ0n) is 17.6. The topological polar surface area (TPSA) is 0 Å². The van der Waals surface area contributed by atoms with E-state index < -0.39 is 0 Å². The van der Waals surface area contributed by atoms with Crippen molar-refractivity contribution in [3.8, 4) is 0 Å². The Morgan fingerprint density at radius 3 is 0.806 bits per heavy atom. The molecule has 0 N–H and O–H groups in total. The van der Waals surface area contributed by atoms with Crippen molar-refractivity contribution in [3.63, 3.8) is 0 Å². The van der Waals surface area contributed by atoms with Crippen molar-refractivity contribution in [3.05, 3.63) is 121 Å². The van der Waals surface area contributed by atoms with E-state index in [0.717, 1.165) is 0 Å². The van der Waals surface area contributed by atoms with Crippen molar-refractivity contribution < 1.29 is 19.5 Å².